The van der Waals surface area contributed by atoms with Gasteiger partial charge in [0.25, 0.3) is 0 Å². The monoisotopic (exact) mass is 552 g/mol. The molecule has 0 unspecified atom stereocenters. The largest absolute Gasteiger partial charge is 0.383 e. The standard InChI is InChI=1S/C33H36N4O4/c1-24-30(25(2)41-35-24)14-15-32(38)37(23-27-10-12-28(13-11-27)29-16-18-34-19-17-29)31(22-26-8-6-5-7-9-26)33(39)36(3)20-21-40-4/h5-19,31H,20-23H2,1-4H3/b15-14+/t31-/m0/s1. The quantitative estimate of drug-likeness (QED) is 0.227. The van der Waals surface area contributed by atoms with E-state index in [4.69, 9.17) is 9.26 Å². The average Bonchev–Trinajstić information content (AvgIpc) is 3.33. The molecule has 0 N–H and O–H groups in total. The van der Waals surface area contributed by atoms with Crippen LogP contribution in [0.5, 0.6) is 0 Å². The Kier molecular flexibility index (Phi) is 10.2. The van der Waals surface area contributed by atoms with Gasteiger partial charge in [-0.25, -0.2) is 0 Å². The topological polar surface area (TPSA) is 88.8 Å². The van der Waals surface area contributed by atoms with E-state index < -0.39 is 6.04 Å². The Labute approximate surface area is 241 Å². The summed E-state index contributed by atoms with van der Waals surface area (Å²) in [5.74, 6) is 0.192. The zero-order valence-corrected chi connectivity index (χ0v) is 24.0. The van der Waals surface area contributed by atoms with Gasteiger partial charge in [-0.05, 0) is 54.3 Å². The van der Waals surface area contributed by atoms with Crippen LogP contribution >= 0.6 is 0 Å². The van der Waals surface area contributed by atoms with Gasteiger partial charge in [-0.3, -0.25) is 14.6 Å². The van der Waals surface area contributed by atoms with Crippen LogP contribution in [0.3, 0.4) is 0 Å². The van der Waals surface area contributed by atoms with Gasteiger partial charge >= 0.3 is 0 Å². The molecule has 8 heteroatoms. The number of ether oxygens (including phenoxy) is 1. The molecule has 0 aliphatic heterocycles. The van der Waals surface area contributed by atoms with Crippen molar-refractivity contribution in [2.45, 2.75) is 32.9 Å². The first-order valence-electron chi connectivity index (χ1n) is 13.6. The minimum absolute atomic E-state index is 0.154. The molecule has 2 aromatic carbocycles. The lowest BCUT2D eigenvalue weighted by Gasteiger charge is -2.33. The number of hydrogen-bond donors (Lipinski definition) is 0. The lowest BCUT2D eigenvalue weighted by Crippen LogP contribution is -2.51. The maximum Gasteiger partial charge on any atom is 0.247 e. The summed E-state index contributed by atoms with van der Waals surface area (Å²) in [5, 5.41) is 3.98. The van der Waals surface area contributed by atoms with Crippen LogP contribution in [0.1, 0.15) is 28.1 Å². The number of rotatable bonds is 12. The van der Waals surface area contributed by atoms with E-state index in [1.165, 1.54) is 6.08 Å². The highest BCUT2D eigenvalue weighted by atomic mass is 16.5. The van der Waals surface area contributed by atoms with Gasteiger partial charge in [0.1, 0.15) is 11.8 Å². The maximum atomic E-state index is 13.9. The summed E-state index contributed by atoms with van der Waals surface area (Å²) >= 11 is 0. The van der Waals surface area contributed by atoms with Gasteiger partial charge in [0.05, 0.1) is 12.3 Å². The molecule has 8 nitrogen and oxygen atoms in total. The smallest absolute Gasteiger partial charge is 0.247 e. The molecule has 0 aliphatic rings. The zero-order chi connectivity index (χ0) is 29.2. The summed E-state index contributed by atoms with van der Waals surface area (Å²) in [7, 11) is 3.34. The molecule has 4 rings (SSSR count). The van der Waals surface area contributed by atoms with E-state index in [-0.39, 0.29) is 18.4 Å². The van der Waals surface area contributed by atoms with E-state index in [0.29, 0.717) is 31.0 Å². The number of carbonyl (C=O) groups is 2. The van der Waals surface area contributed by atoms with E-state index in [0.717, 1.165) is 27.8 Å². The number of likely N-dealkylation sites (N-methyl/N-ethyl adjacent to an activating group) is 1. The van der Waals surface area contributed by atoms with Crippen molar-refractivity contribution in [1.82, 2.24) is 19.9 Å². The summed E-state index contributed by atoms with van der Waals surface area (Å²) in [6, 6.07) is 21.0. The number of pyridine rings is 1. The SMILES string of the molecule is COCCN(C)C(=O)[C@H](Cc1ccccc1)N(Cc1ccc(-c2ccncc2)cc1)C(=O)/C=C/c1c(C)noc1C. The lowest BCUT2D eigenvalue weighted by atomic mass is 10.0. The molecule has 2 aromatic heterocycles. The Morgan fingerprint density at radius 2 is 1.63 bits per heavy atom. The minimum Gasteiger partial charge on any atom is -0.383 e. The van der Waals surface area contributed by atoms with Crippen molar-refractivity contribution >= 4 is 17.9 Å². The third-order valence-corrected chi connectivity index (χ3v) is 7.02. The van der Waals surface area contributed by atoms with Crippen LogP contribution in [0.25, 0.3) is 17.2 Å². The molecule has 2 amide bonds. The number of carbonyl (C=O) groups excluding carboxylic acids is 2. The molecule has 0 saturated heterocycles. The first kappa shape index (κ1) is 29.4. The van der Waals surface area contributed by atoms with Gasteiger partial charge in [-0.15, -0.1) is 0 Å². The molecule has 4 aromatic rings. The summed E-state index contributed by atoms with van der Waals surface area (Å²) in [5.41, 5.74) is 5.42. The van der Waals surface area contributed by atoms with Crippen molar-refractivity contribution in [3.63, 3.8) is 0 Å². The van der Waals surface area contributed by atoms with Crippen molar-refractivity contribution in [1.29, 1.82) is 0 Å². The predicted molar refractivity (Wildman–Crippen MR) is 159 cm³/mol. The molecule has 0 fully saturated rings. The van der Waals surface area contributed by atoms with Gasteiger partial charge in [-0.2, -0.15) is 0 Å². The molecule has 0 saturated carbocycles. The van der Waals surface area contributed by atoms with Crippen molar-refractivity contribution in [2.75, 3.05) is 27.3 Å². The molecule has 212 valence electrons. The summed E-state index contributed by atoms with van der Waals surface area (Å²) < 4.78 is 10.5. The fourth-order valence-corrected chi connectivity index (χ4v) is 4.62. The highest BCUT2D eigenvalue weighted by Gasteiger charge is 2.31. The molecule has 0 aliphatic carbocycles. The van der Waals surface area contributed by atoms with Crippen LogP contribution in [0.4, 0.5) is 0 Å². The van der Waals surface area contributed by atoms with E-state index in [1.807, 2.05) is 73.7 Å². The van der Waals surface area contributed by atoms with E-state index in [1.54, 1.807) is 49.4 Å². The Morgan fingerprint density at radius 3 is 2.27 bits per heavy atom. The molecular weight excluding hydrogens is 516 g/mol. The van der Waals surface area contributed by atoms with Crippen molar-refractivity contribution in [2.24, 2.45) is 0 Å². The third-order valence-electron chi connectivity index (χ3n) is 7.02. The Hall–Kier alpha value is -4.56. The molecule has 1 atom stereocenters. The van der Waals surface area contributed by atoms with Crippen LogP contribution in [0, 0.1) is 13.8 Å². The summed E-state index contributed by atoms with van der Waals surface area (Å²) in [6.45, 7) is 4.70. The highest BCUT2D eigenvalue weighted by molar-refractivity contribution is 5.96. The maximum absolute atomic E-state index is 13.9. The minimum atomic E-state index is -0.735. The number of aryl methyl sites for hydroxylation is 2. The van der Waals surface area contributed by atoms with Crippen molar-refractivity contribution in [3.8, 4) is 11.1 Å². The lowest BCUT2D eigenvalue weighted by molar-refractivity contribution is -0.143. The van der Waals surface area contributed by atoms with E-state index in [2.05, 4.69) is 10.1 Å². The second-order valence-corrected chi connectivity index (χ2v) is 9.93. The van der Waals surface area contributed by atoms with Gasteiger partial charge in [-0.1, -0.05) is 59.8 Å². The van der Waals surface area contributed by atoms with Gasteiger partial charge in [0, 0.05) is 57.7 Å². The van der Waals surface area contributed by atoms with Crippen LogP contribution < -0.4 is 0 Å². The first-order valence-corrected chi connectivity index (χ1v) is 13.6. The van der Waals surface area contributed by atoms with Crippen LogP contribution in [0.2, 0.25) is 0 Å². The van der Waals surface area contributed by atoms with Crippen LogP contribution in [-0.2, 0) is 27.3 Å². The van der Waals surface area contributed by atoms with Gasteiger partial charge in [0.15, 0.2) is 0 Å². The molecule has 0 spiro atoms. The Bertz CT molecular complexity index is 1430. The Morgan fingerprint density at radius 1 is 0.951 bits per heavy atom. The van der Waals surface area contributed by atoms with Crippen LogP contribution in [-0.4, -0.2) is 65.1 Å². The third kappa shape index (κ3) is 7.77. The van der Waals surface area contributed by atoms with Gasteiger partial charge in [0.2, 0.25) is 11.8 Å². The molecule has 0 bridgehead atoms. The number of hydrogen-bond acceptors (Lipinski definition) is 6. The highest BCUT2D eigenvalue weighted by Crippen LogP contribution is 2.22. The predicted octanol–water partition coefficient (Wildman–Crippen LogP) is 5.11. The molecular formula is C33H36N4O4. The zero-order valence-electron chi connectivity index (χ0n) is 24.0. The first-order chi connectivity index (χ1) is 19.9. The average molecular weight is 553 g/mol. The normalized spacial score (nSPS) is 11.9. The van der Waals surface area contributed by atoms with E-state index in [9.17, 15) is 9.59 Å². The molecule has 41 heavy (non-hydrogen) atoms. The molecule has 0 radical (unpaired) electrons. The number of methoxy groups -OCH3 is 1. The van der Waals surface area contributed by atoms with Crippen molar-refractivity contribution in [3.05, 3.63) is 113 Å². The Balaban J connectivity index is 1.69. The van der Waals surface area contributed by atoms with Gasteiger partial charge < -0.3 is 19.1 Å². The number of amides is 2. The van der Waals surface area contributed by atoms with Crippen molar-refractivity contribution < 1.29 is 18.8 Å². The number of aromatic nitrogens is 2. The number of nitrogens with zero attached hydrogens (tertiary/aromatic N) is 4. The summed E-state index contributed by atoms with van der Waals surface area (Å²) in [6.07, 6.45) is 7.10. The fourth-order valence-electron chi connectivity index (χ4n) is 4.62. The number of benzene rings is 2. The molecule has 2 heterocycles. The second-order valence-electron chi connectivity index (χ2n) is 9.93. The van der Waals surface area contributed by atoms with Crippen LogP contribution in [0.15, 0.2) is 89.7 Å². The fraction of sp³-hybridized carbons (Fsp3) is 0.273. The van der Waals surface area contributed by atoms with E-state index >= 15 is 0 Å². The second kappa shape index (κ2) is 14.2. The summed E-state index contributed by atoms with van der Waals surface area (Å²) in [4.78, 5) is 35.2.